The number of hydrogen-bond acceptors (Lipinski definition) is 3. The number of aromatic nitrogens is 1. The van der Waals surface area contributed by atoms with Gasteiger partial charge in [0.2, 0.25) is 0 Å². The fourth-order valence-corrected chi connectivity index (χ4v) is 1.89. The van der Waals surface area contributed by atoms with Crippen molar-refractivity contribution in [3.8, 4) is 0 Å². The summed E-state index contributed by atoms with van der Waals surface area (Å²) >= 11 is 0. The fourth-order valence-electron chi connectivity index (χ4n) is 1.89. The molecule has 1 aliphatic rings. The fraction of sp³-hybridized carbons (Fsp3) is 0.615. The summed E-state index contributed by atoms with van der Waals surface area (Å²) in [6, 6.07) is 7.26. The summed E-state index contributed by atoms with van der Waals surface area (Å²) in [7, 11) is 2.21. The zero-order valence-corrected chi connectivity index (χ0v) is 10.2. The van der Waals surface area contributed by atoms with Crippen LogP contribution in [0, 0.1) is 0 Å². The summed E-state index contributed by atoms with van der Waals surface area (Å²) in [5.41, 5.74) is 1.12. The second-order valence-electron chi connectivity index (χ2n) is 4.64. The minimum absolute atomic E-state index is 0.341. The highest BCUT2D eigenvalue weighted by Gasteiger charge is 2.25. The number of likely N-dealkylation sites (N-methyl/N-ethyl adjacent to an activating group) is 1. The van der Waals surface area contributed by atoms with Crippen molar-refractivity contribution < 1.29 is 0 Å². The Hall–Kier alpha value is -0.930. The molecule has 1 heterocycles. The van der Waals surface area contributed by atoms with Gasteiger partial charge in [-0.25, -0.2) is 0 Å². The normalized spacial score (nSPS) is 17.7. The molecule has 1 atom stereocenters. The van der Waals surface area contributed by atoms with Gasteiger partial charge in [0, 0.05) is 31.4 Å². The standard InChI is InChI=1S/C13H21N3/c1-11(13-5-3-4-8-15-13)14-9-10-16(2)12-6-7-12/h3-5,8,11-12,14H,6-7,9-10H2,1-2H3. The molecular weight excluding hydrogens is 198 g/mol. The summed E-state index contributed by atoms with van der Waals surface area (Å²) in [5.74, 6) is 0. The minimum atomic E-state index is 0.341. The second-order valence-corrected chi connectivity index (χ2v) is 4.64. The van der Waals surface area contributed by atoms with E-state index in [1.807, 2.05) is 18.3 Å². The van der Waals surface area contributed by atoms with E-state index >= 15 is 0 Å². The SMILES string of the molecule is CC(NCCN(C)C1CC1)c1ccccn1. The maximum Gasteiger partial charge on any atom is 0.0570 e. The van der Waals surface area contributed by atoms with Crippen molar-refractivity contribution in [2.75, 3.05) is 20.1 Å². The van der Waals surface area contributed by atoms with Crippen molar-refractivity contribution in [3.63, 3.8) is 0 Å². The van der Waals surface area contributed by atoms with Crippen LogP contribution in [0.2, 0.25) is 0 Å². The average molecular weight is 219 g/mol. The zero-order chi connectivity index (χ0) is 11.4. The van der Waals surface area contributed by atoms with E-state index in [0.717, 1.165) is 24.8 Å². The molecule has 0 amide bonds. The summed E-state index contributed by atoms with van der Waals surface area (Å²) in [5, 5.41) is 3.51. The number of pyridine rings is 1. The Kier molecular flexibility index (Phi) is 3.91. The van der Waals surface area contributed by atoms with E-state index in [4.69, 9.17) is 0 Å². The largest absolute Gasteiger partial charge is 0.308 e. The van der Waals surface area contributed by atoms with Crippen LogP contribution in [-0.4, -0.2) is 36.1 Å². The van der Waals surface area contributed by atoms with Crippen LogP contribution in [0.1, 0.15) is 31.5 Å². The molecule has 1 fully saturated rings. The van der Waals surface area contributed by atoms with Gasteiger partial charge in [0.25, 0.3) is 0 Å². The molecule has 0 spiro atoms. The smallest absolute Gasteiger partial charge is 0.0570 e. The van der Waals surface area contributed by atoms with Crippen molar-refractivity contribution in [2.45, 2.75) is 31.8 Å². The lowest BCUT2D eigenvalue weighted by molar-refractivity contribution is 0.316. The molecule has 0 saturated heterocycles. The molecule has 1 aliphatic carbocycles. The second kappa shape index (κ2) is 5.41. The summed E-state index contributed by atoms with van der Waals surface area (Å²) in [6.07, 6.45) is 4.61. The van der Waals surface area contributed by atoms with Crippen LogP contribution in [0.15, 0.2) is 24.4 Å². The van der Waals surface area contributed by atoms with Crippen LogP contribution < -0.4 is 5.32 Å². The quantitative estimate of drug-likeness (QED) is 0.791. The van der Waals surface area contributed by atoms with Gasteiger partial charge in [-0.1, -0.05) is 6.07 Å². The van der Waals surface area contributed by atoms with Gasteiger partial charge in [-0.2, -0.15) is 0 Å². The van der Waals surface area contributed by atoms with Gasteiger partial charge in [-0.3, -0.25) is 4.98 Å². The molecule has 1 aromatic heterocycles. The zero-order valence-electron chi connectivity index (χ0n) is 10.2. The molecule has 1 saturated carbocycles. The van der Waals surface area contributed by atoms with E-state index in [9.17, 15) is 0 Å². The molecule has 0 bridgehead atoms. The first kappa shape index (κ1) is 11.6. The van der Waals surface area contributed by atoms with Crippen molar-refractivity contribution >= 4 is 0 Å². The maximum absolute atomic E-state index is 4.35. The Bertz CT molecular complexity index is 308. The number of rotatable bonds is 6. The lowest BCUT2D eigenvalue weighted by atomic mass is 10.2. The lowest BCUT2D eigenvalue weighted by Crippen LogP contribution is -2.32. The van der Waals surface area contributed by atoms with Crippen LogP contribution >= 0.6 is 0 Å². The van der Waals surface area contributed by atoms with Crippen molar-refractivity contribution in [1.82, 2.24) is 15.2 Å². The summed E-state index contributed by atoms with van der Waals surface area (Å²) in [6.45, 7) is 4.33. The Morgan fingerprint density at radius 2 is 2.31 bits per heavy atom. The van der Waals surface area contributed by atoms with E-state index in [1.54, 1.807) is 0 Å². The molecule has 1 aromatic rings. The summed E-state index contributed by atoms with van der Waals surface area (Å²) < 4.78 is 0. The van der Waals surface area contributed by atoms with Gasteiger partial charge in [-0.05, 0) is 38.9 Å². The van der Waals surface area contributed by atoms with Crippen LogP contribution in [0.5, 0.6) is 0 Å². The average Bonchev–Trinajstić information content (AvgIpc) is 3.14. The molecule has 1 N–H and O–H groups in total. The highest BCUT2D eigenvalue weighted by atomic mass is 15.2. The molecule has 0 radical (unpaired) electrons. The molecule has 3 heteroatoms. The highest BCUT2D eigenvalue weighted by molar-refractivity contribution is 5.07. The van der Waals surface area contributed by atoms with Gasteiger partial charge >= 0.3 is 0 Å². The molecule has 1 unspecified atom stereocenters. The first-order chi connectivity index (χ1) is 7.77. The van der Waals surface area contributed by atoms with E-state index in [0.29, 0.717) is 6.04 Å². The predicted octanol–water partition coefficient (Wildman–Crippen LogP) is 1.83. The topological polar surface area (TPSA) is 28.2 Å². The third-order valence-corrected chi connectivity index (χ3v) is 3.22. The molecule has 16 heavy (non-hydrogen) atoms. The number of nitrogens with zero attached hydrogens (tertiary/aromatic N) is 2. The number of hydrogen-bond donors (Lipinski definition) is 1. The minimum Gasteiger partial charge on any atom is -0.308 e. The molecule has 0 aromatic carbocycles. The van der Waals surface area contributed by atoms with Crippen LogP contribution in [-0.2, 0) is 0 Å². The van der Waals surface area contributed by atoms with Gasteiger partial charge in [0.1, 0.15) is 0 Å². The lowest BCUT2D eigenvalue weighted by Gasteiger charge is -2.18. The highest BCUT2D eigenvalue weighted by Crippen LogP contribution is 2.24. The Morgan fingerprint density at radius 1 is 1.50 bits per heavy atom. The first-order valence-electron chi connectivity index (χ1n) is 6.12. The molecule has 3 nitrogen and oxygen atoms in total. The third kappa shape index (κ3) is 3.29. The van der Waals surface area contributed by atoms with Crippen LogP contribution in [0.25, 0.3) is 0 Å². The summed E-state index contributed by atoms with van der Waals surface area (Å²) in [4.78, 5) is 6.79. The number of nitrogens with one attached hydrogen (secondary N) is 1. The Labute approximate surface area is 97.9 Å². The first-order valence-corrected chi connectivity index (χ1v) is 6.12. The molecule has 88 valence electrons. The van der Waals surface area contributed by atoms with Crippen molar-refractivity contribution in [3.05, 3.63) is 30.1 Å². The Balaban J connectivity index is 1.69. The molecular formula is C13H21N3. The van der Waals surface area contributed by atoms with E-state index < -0.39 is 0 Å². The van der Waals surface area contributed by atoms with E-state index in [-0.39, 0.29) is 0 Å². The Morgan fingerprint density at radius 3 is 2.94 bits per heavy atom. The van der Waals surface area contributed by atoms with E-state index in [2.05, 4.69) is 35.2 Å². The maximum atomic E-state index is 4.35. The van der Waals surface area contributed by atoms with Gasteiger partial charge < -0.3 is 10.2 Å². The molecule has 2 rings (SSSR count). The van der Waals surface area contributed by atoms with Gasteiger partial charge in [0.05, 0.1) is 5.69 Å². The van der Waals surface area contributed by atoms with Crippen LogP contribution in [0.3, 0.4) is 0 Å². The van der Waals surface area contributed by atoms with Gasteiger partial charge in [-0.15, -0.1) is 0 Å². The van der Waals surface area contributed by atoms with Crippen molar-refractivity contribution in [2.24, 2.45) is 0 Å². The monoisotopic (exact) mass is 219 g/mol. The van der Waals surface area contributed by atoms with E-state index in [1.165, 1.54) is 12.8 Å². The predicted molar refractivity (Wildman–Crippen MR) is 66.3 cm³/mol. The molecule has 0 aliphatic heterocycles. The third-order valence-electron chi connectivity index (χ3n) is 3.22. The van der Waals surface area contributed by atoms with Crippen molar-refractivity contribution in [1.29, 1.82) is 0 Å². The van der Waals surface area contributed by atoms with Gasteiger partial charge in [0.15, 0.2) is 0 Å². The van der Waals surface area contributed by atoms with Crippen LogP contribution in [0.4, 0.5) is 0 Å².